The highest BCUT2D eigenvalue weighted by molar-refractivity contribution is 5.22. The first kappa shape index (κ1) is 10.6. The van der Waals surface area contributed by atoms with Gasteiger partial charge in [-0.05, 0) is 25.5 Å². The Bertz CT molecular complexity index is 330. The molecule has 1 fully saturated rings. The van der Waals surface area contributed by atoms with Crippen LogP contribution in [-0.2, 0) is 0 Å². The maximum absolute atomic E-state index is 13.5. The van der Waals surface area contributed by atoms with Crippen molar-refractivity contribution >= 4 is 0 Å². The molecule has 2 rings (SSSR count). The lowest BCUT2D eigenvalue weighted by atomic mass is 10.0. The van der Waals surface area contributed by atoms with Gasteiger partial charge < -0.3 is 5.32 Å². The third-order valence-electron chi connectivity index (χ3n) is 2.92. The van der Waals surface area contributed by atoms with Crippen LogP contribution in [0.2, 0.25) is 0 Å². The molecule has 1 unspecified atom stereocenters. The van der Waals surface area contributed by atoms with Crippen LogP contribution in [0.3, 0.4) is 0 Å². The molecule has 0 radical (unpaired) electrons. The van der Waals surface area contributed by atoms with Crippen molar-refractivity contribution in [2.45, 2.75) is 31.7 Å². The molecule has 0 aromatic heterocycles. The lowest BCUT2D eigenvalue weighted by Gasteiger charge is -2.16. The van der Waals surface area contributed by atoms with Crippen molar-refractivity contribution in [1.29, 1.82) is 0 Å². The van der Waals surface area contributed by atoms with Gasteiger partial charge in [0, 0.05) is 11.6 Å². The van der Waals surface area contributed by atoms with E-state index in [1.807, 2.05) is 0 Å². The highest BCUT2D eigenvalue weighted by Gasteiger charge is 2.18. The van der Waals surface area contributed by atoms with Gasteiger partial charge in [-0.15, -0.1) is 0 Å². The Labute approximate surface area is 88.5 Å². The van der Waals surface area contributed by atoms with E-state index in [-0.39, 0.29) is 6.04 Å². The first-order valence-electron chi connectivity index (χ1n) is 5.46. The third-order valence-corrected chi connectivity index (χ3v) is 2.92. The van der Waals surface area contributed by atoms with Crippen molar-refractivity contribution in [2.24, 2.45) is 0 Å². The van der Waals surface area contributed by atoms with E-state index in [2.05, 4.69) is 5.32 Å². The van der Waals surface area contributed by atoms with Crippen molar-refractivity contribution in [1.82, 2.24) is 5.32 Å². The minimum absolute atomic E-state index is 0.0248. The Balaban J connectivity index is 2.23. The van der Waals surface area contributed by atoms with Gasteiger partial charge in [-0.1, -0.05) is 25.0 Å². The van der Waals surface area contributed by atoms with Crippen LogP contribution in [0.4, 0.5) is 8.78 Å². The fourth-order valence-electron chi connectivity index (χ4n) is 2.08. The van der Waals surface area contributed by atoms with E-state index in [1.165, 1.54) is 6.42 Å². The Kier molecular flexibility index (Phi) is 3.31. The average molecular weight is 211 g/mol. The van der Waals surface area contributed by atoms with Crippen LogP contribution in [0, 0.1) is 11.6 Å². The van der Waals surface area contributed by atoms with Crippen LogP contribution in [0.5, 0.6) is 0 Å². The third kappa shape index (κ3) is 2.34. The van der Waals surface area contributed by atoms with Crippen molar-refractivity contribution in [3.8, 4) is 0 Å². The summed E-state index contributed by atoms with van der Waals surface area (Å²) < 4.78 is 26.5. The fourth-order valence-corrected chi connectivity index (χ4v) is 2.08. The molecule has 82 valence electrons. The van der Waals surface area contributed by atoms with Gasteiger partial charge in [-0.2, -0.15) is 0 Å². The van der Waals surface area contributed by atoms with Gasteiger partial charge in [0.1, 0.15) is 0 Å². The van der Waals surface area contributed by atoms with Crippen LogP contribution < -0.4 is 5.32 Å². The summed E-state index contributed by atoms with van der Waals surface area (Å²) in [6.45, 7) is 0.890. The second-order valence-corrected chi connectivity index (χ2v) is 4.00. The van der Waals surface area contributed by atoms with E-state index < -0.39 is 11.6 Å². The largest absolute Gasteiger partial charge is 0.310 e. The molecule has 1 nitrogen and oxygen atoms in total. The summed E-state index contributed by atoms with van der Waals surface area (Å²) in [4.78, 5) is 0. The van der Waals surface area contributed by atoms with Crippen molar-refractivity contribution < 1.29 is 8.78 Å². The van der Waals surface area contributed by atoms with E-state index in [9.17, 15) is 8.78 Å². The number of benzene rings is 1. The first-order valence-corrected chi connectivity index (χ1v) is 5.46. The zero-order valence-corrected chi connectivity index (χ0v) is 8.60. The second-order valence-electron chi connectivity index (χ2n) is 4.00. The summed E-state index contributed by atoms with van der Waals surface area (Å²) in [5.74, 6) is -1.45. The van der Waals surface area contributed by atoms with Gasteiger partial charge in [-0.3, -0.25) is 0 Å². The molecule has 0 saturated carbocycles. The fraction of sp³-hybridized carbons (Fsp3) is 0.500. The Morgan fingerprint density at radius 2 is 2.00 bits per heavy atom. The lowest BCUT2D eigenvalue weighted by Crippen LogP contribution is -2.21. The van der Waals surface area contributed by atoms with Gasteiger partial charge in [0.15, 0.2) is 11.6 Å². The minimum Gasteiger partial charge on any atom is -0.310 e. The maximum atomic E-state index is 13.5. The SMILES string of the molecule is Fc1cccc(C2CCCCCN2)c1F. The van der Waals surface area contributed by atoms with Crippen LogP contribution in [0.15, 0.2) is 18.2 Å². The van der Waals surface area contributed by atoms with Crippen LogP contribution >= 0.6 is 0 Å². The molecule has 1 aromatic carbocycles. The number of halogens is 2. The molecule has 1 heterocycles. The first-order chi connectivity index (χ1) is 7.29. The van der Waals surface area contributed by atoms with Crippen LogP contribution in [-0.4, -0.2) is 6.54 Å². The second kappa shape index (κ2) is 4.71. The predicted octanol–water partition coefficient (Wildman–Crippen LogP) is 3.17. The lowest BCUT2D eigenvalue weighted by molar-refractivity contribution is 0.459. The smallest absolute Gasteiger partial charge is 0.163 e. The van der Waals surface area contributed by atoms with Gasteiger partial charge >= 0.3 is 0 Å². The van der Waals surface area contributed by atoms with E-state index in [1.54, 1.807) is 12.1 Å². The minimum atomic E-state index is -0.751. The molecule has 0 aliphatic carbocycles. The zero-order valence-electron chi connectivity index (χ0n) is 8.60. The van der Waals surface area contributed by atoms with Crippen LogP contribution in [0.1, 0.15) is 37.3 Å². The molecule has 1 aromatic rings. The summed E-state index contributed by atoms with van der Waals surface area (Å²) >= 11 is 0. The number of rotatable bonds is 1. The monoisotopic (exact) mass is 211 g/mol. The molecule has 0 spiro atoms. The zero-order chi connectivity index (χ0) is 10.7. The van der Waals surface area contributed by atoms with Crippen molar-refractivity contribution in [3.05, 3.63) is 35.4 Å². The highest BCUT2D eigenvalue weighted by Crippen LogP contribution is 2.25. The predicted molar refractivity (Wildman–Crippen MR) is 55.6 cm³/mol. The molecule has 0 bridgehead atoms. The van der Waals surface area contributed by atoms with Gasteiger partial charge in [-0.25, -0.2) is 8.78 Å². The number of hydrogen-bond donors (Lipinski definition) is 1. The van der Waals surface area contributed by atoms with Crippen molar-refractivity contribution in [2.75, 3.05) is 6.54 Å². The van der Waals surface area contributed by atoms with Crippen LogP contribution in [0.25, 0.3) is 0 Å². The van der Waals surface area contributed by atoms with Crippen molar-refractivity contribution in [3.63, 3.8) is 0 Å². The maximum Gasteiger partial charge on any atom is 0.163 e. The molecule has 1 atom stereocenters. The molecule has 15 heavy (non-hydrogen) atoms. The Morgan fingerprint density at radius 1 is 1.13 bits per heavy atom. The molecular weight excluding hydrogens is 196 g/mol. The molecular formula is C12H15F2N. The average Bonchev–Trinajstić information content (AvgIpc) is 2.50. The molecule has 1 aliphatic rings. The molecule has 1 aliphatic heterocycles. The summed E-state index contributed by atoms with van der Waals surface area (Å²) in [6.07, 6.45) is 4.25. The Morgan fingerprint density at radius 3 is 2.87 bits per heavy atom. The highest BCUT2D eigenvalue weighted by atomic mass is 19.2. The number of hydrogen-bond acceptors (Lipinski definition) is 1. The van der Waals surface area contributed by atoms with E-state index in [0.717, 1.165) is 31.9 Å². The summed E-state index contributed by atoms with van der Waals surface area (Å²) in [5, 5.41) is 3.26. The van der Waals surface area contributed by atoms with E-state index >= 15 is 0 Å². The Hall–Kier alpha value is -0.960. The normalized spacial score (nSPS) is 22.4. The summed E-state index contributed by atoms with van der Waals surface area (Å²) in [5.41, 5.74) is 0.469. The van der Waals surface area contributed by atoms with E-state index in [0.29, 0.717) is 5.56 Å². The summed E-state index contributed by atoms with van der Waals surface area (Å²) in [6, 6.07) is 4.38. The van der Waals surface area contributed by atoms with Gasteiger partial charge in [0.05, 0.1) is 0 Å². The van der Waals surface area contributed by atoms with Gasteiger partial charge in [0.2, 0.25) is 0 Å². The quantitative estimate of drug-likeness (QED) is 0.752. The number of nitrogens with one attached hydrogen (secondary N) is 1. The topological polar surface area (TPSA) is 12.0 Å². The van der Waals surface area contributed by atoms with E-state index in [4.69, 9.17) is 0 Å². The molecule has 1 saturated heterocycles. The molecule has 1 N–H and O–H groups in total. The molecule has 0 amide bonds. The van der Waals surface area contributed by atoms with Gasteiger partial charge in [0.25, 0.3) is 0 Å². The standard InChI is InChI=1S/C12H15F2N/c13-10-6-4-5-9(12(10)14)11-7-2-1-3-8-15-11/h4-6,11,15H,1-3,7-8H2. The summed E-state index contributed by atoms with van der Waals surface area (Å²) in [7, 11) is 0. The molecule has 3 heteroatoms.